The fourth-order valence-corrected chi connectivity index (χ4v) is 2.34. The van der Waals surface area contributed by atoms with Crippen molar-refractivity contribution in [2.24, 2.45) is 0 Å². The Kier molecular flexibility index (Phi) is 4.03. The molecule has 2 aromatic rings. The van der Waals surface area contributed by atoms with Crippen molar-refractivity contribution in [2.75, 3.05) is 11.9 Å². The van der Waals surface area contributed by atoms with Crippen LogP contribution < -0.4 is 5.32 Å². The molecule has 9 heteroatoms. The van der Waals surface area contributed by atoms with Crippen molar-refractivity contribution in [1.29, 1.82) is 0 Å². The molecule has 0 saturated carbocycles. The third-order valence-electron chi connectivity index (χ3n) is 3.47. The number of alkyl halides is 3. The highest BCUT2D eigenvalue weighted by atomic mass is 19.4. The average molecular weight is 326 g/mol. The van der Waals surface area contributed by atoms with Crippen molar-refractivity contribution in [2.45, 2.75) is 25.1 Å². The molecule has 6 nitrogen and oxygen atoms in total. The SMILES string of the molecule is O=C(Nc1cc(C(F)(F)F)ccc1-n1cncn1)C1CCCO1. The van der Waals surface area contributed by atoms with E-state index < -0.39 is 23.8 Å². The van der Waals surface area contributed by atoms with Crippen LogP contribution in [0.25, 0.3) is 5.69 Å². The summed E-state index contributed by atoms with van der Waals surface area (Å²) in [6.45, 7) is 0.469. The number of carbonyl (C=O) groups excluding carboxylic acids is 1. The highest BCUT2D eigenvalue weighted by Gasteiger charge is 2.32. The van der Waals surface area contributed by atoms with Crippen LogP contribution in [0.2, 0.25) is 0 Å². The number of halogens is 3. The number of amides is 1. The molecule has 0 spiro atoms. The van der Waals surface area contributed by atoms with Gasteiger partial charge in [-0.15, -0.1) is 0 Å². The minimum atomic E-state index is -4.51. The van der Waals surface area contributed by atoms with Crippen LogP contribution in [0.1, 0.15) is 18.4 Å². The highest BCUT2D eigenvalue weighted by Crippen LogP contribution is 2.33. The quantitative estimate of drug-likeness (QED) is 0.940. The van der Waals surface area contributed by atoms with Gasteiger partial charge in [0.1, 0.15) is 18.8 Å². The van der Waals surface area contributed by atoms with Crippen LogP contribution >= 0.6 is 0 Å². The van der Waals surface area contributed by atoms with Gasteiger partial charge >= 0.3 is 6.18 Å². The third-order valence-corrected chi connectivity index (χ3v) is 3.47. The summed E-state index contributed by atoms with van der Waals surface area (Å²) in [5.74, 6) is -0.469. The smallest absolute Gasteiger partial charge is 0.368 e. The molecule has 0 bridgehead atoms. The Morgan fingerprint density at radius 2 is 2.22 bits per heavy atom. The molecule has 1 aromatic heterocycles. The van der Waals surface area contributed by atoms with Gasteiger partial charge in [-0.05, 0) is 31.0 Å². The van der Waals surface area contributed by atoms with Crippen LogP contribution in [0.15, 0.2) is 30.9 Å². The van der Waals surface area contributed by atoms with Crippen LogP contribution in [0.5, 0.6) is 0 Å². The van der Waals surface area contributed by atoms with Gasteiger partial charge in [0, 0.05) is 6.61 Å². The number of nitrogens with one attached hydrogen (secondary N) is 1. The molecule has 1 atom stereocenters. The number of hydrogen-bond acceptors (Lipinski definition) is 4. The number of rotatable bonds is 3. The molecule has 1 aliphatic rings. The molecule has 1 saturated heterocycles. The van der Waals surface area contributed by atoms with Crippen molar-refractivity contribution in [3.05, 3.63) is 36.4 Å². The molecule has 122 valence electrons. The fraction of sp³-hybridized carbons (Fsp3) is 0.357. The molecule has 1 unspecified atom stereocenters. The first-order valence-corrected chi connectivity index (χ1v) is 6.94. The fourth-order valence-electron chi connectivity index (χ4n) is 2.34. The maximum absolute atomic E-state index is 12.9. The van der Waals surface area contributed by atoms with Gasteiger partial charge < -0.3 is 10.1 Å². The van der Waals surface area contributed by atoms with Gasteiger partial charge in [0.25, 0.3) is 5.91 Å². The predicted octanol–water partition coefficient (Wildman–Crippen LogP) is 2.40. The lowest BCUT2D eigenvalue weighted by Gasteiger charge is -2.16. The summed E-state index contributed by atoms with van der Waals surface area (Å²) in [6.07, 6.45) is -1.27. The molecular weight excluding hydrogens is 313 g/mol. The zero-order chi connectivity index (χ0) is 16.4. The maximum atomic E-state index is 12.9. The molecule has 1 N–H and O–H groups in total. The number of aromatic nitrogens is 3. The van der Waals surface area contributed by atoms with Gasteiger partial charge in [-0.25, -0.2) is 9.67 Å². The third kappa shape index (κ3) is 3.34. The normalized spacial score (nSPS) is 18.1. The molecule has 1 aromatic carbocycles. The Bertz CT molecular complexity index is 695. The summed E-state index contributed by atoms with van der Waals surface area (Å²) in [4.78, 5) is 15.9. The molecule has 1 aliphatic heterocycles. The van der Waals surface area contributed by atoms with Gasteiger partial charge in [-0.1, -0.05) is 0 Å². The molecule has 23 heavy (non-hydrogen) atoms. The summed E-state index contributed by atoms with van der Waals surface area (Å²) in [7, 11) is 0. The Morgan fingerprint density at radius 3 is 2.83 bits per heavy atom. The lowest BCUT2D eigenvalue weighted by molar-refractivity contribution is -0.137. The summed E-state index contributed by atoms with van der Waals surface area (Å²) in [6, 6.07) is 3.05. The number of nitrogens with zero attached hydrogens (tertiary/aromatic N) is 3. The first kappa shape index (κ1) is 15.5. The average Bonchev–Trinajstić information content (AvgIpc) is 3.20. The Balaban J connectivity index is 1.95. The van der Waals surface area contributed by atoms with Crippen LogP contribution in [0.4, 0.5) is 18.9 Å². The van der Waals surface area contributed by atoms with E-state index in [1.54, 1.807) is 0 Å². The molecular formula is C14H13F3N4O2. The van der Waals surface area contributed by atoms with E-state index >= 15 is 0 Å². The van der Waals surface area contributed by atoms with Crippen LogP contribution in [0, 0.1) is 0 Å². The Hall–Kier alpha value is -2.42. The second-order valence-corrected chi connectivity index (χ2v) is 5.06. The molecule has 3 rings (SSSR count). The first-order valence-electron chi connectivity index (χ1n) is 6.94. The lowest BCUT2D eigenvalue weighted by Crippen LogP contribution is -2.27. The zero-order valence-electron chi connectivity index (χ0n) is 11.9. The van der Waals surface area contributed by atoms with Crippen LogP contribution in [-0.4, -0.2) is 33.4 Å². The van der Waals surface area contributed by atoms with Gasteiger partial charge in [0.05, 0.1) is 16.9 Å². The van der Waals surface area contributed by atoms with E-state index in [4.69, 9.17) is 4.74 Å². The van der Waals surface area contributed by atoms with E-state index in [0.717, 1.165) is 18.6 Å². The maximum Gasteiger partial charge on any atom is 0.416 e. The summed E-state index contributed by atoms with van der Waals surface area (Å²) in [5, 5.41) is 6.39. The van der Waals surface area contributed by atoms with Gasteiger partial charge in [-0.3, -0.25) is 4.79 Å². The minimum absolute atomic E-state index is 0.00539. The monoisotopic (exact) mass is 326 g/mol. The summed E-state index contributed by atoms with van der Waals surface area (Å²) in [5.41, 5.74) is -0.559. The van der Waals surface area contributed by atoms with E-state index in [-0.39, 0.29) is 5.69 Å². The van der Waals surface area contributed by atoms with Crippen molar-refractivity contribution in [3.63, 3.8) is 0 Å². The second-order valence-electron chi connectivity index (χ2n) is 5.06. The van der Waals surface area contributed by atoms with Crippen molar-refractivity contribution < 1.29 is 22.7 Å². The van der Waals surface area contributed by atoms with Crippen LogP contribution in [-0.2, 0) is 15.7 Å². The van der Waals surface area contributed by atoms with E-state index in [1.165, 1.54) is 23.4 Å². The van der Waals surface area contributed by atoms with E-state index in [1.807, 2.05) is 0 Å². The molecule has 2 heterocycles. The topological polar surface area (TPSA) is 69.0 Å². The summed E-state index contributed by atoms with van der Waals surface area (Å²) >= 11 is 0. The molecule has 0 aliphatic carbocycles. The van der Waals surface area contributed by atoms with Crippen molar-refractivity contribution >= 4 is 11.6 Å². The number of anilines is 1. The van der Waals surface area contributed by atoms with Gasteiger partial charge in [0.15, 0.2) is 0 Å². The number of ether oxygens (including phenoxy) is 1. The van der Waals surface area contributed by atoms with Crippen molar-refractivity contribution in [3.8, 4) is 5.69 Å². The summed E-state index contributed by atoms with van der Waals surface area (Å²) < 4.78 is 45.3. The Morgan fingerprint density at radius 1 is 1.39 bits per heavy atom. The lowest BCUT2D eigenvalue weighted by atomic mass is 10.1. The molecule has 1 fully saturated rings. The number of benzene rings is 1. The van der Waals surface area contributed by atoms with Gasteiger partial charge in [0.2, 0.25) is 0 Å². The molecule has 0 radical (unpaired) electrons. The first-order chi connectivity index (χ1) is 10.9. The van der Waals surface area contributed by atoms with E-state index in [0.29, 0.717) is 18.7 Å². The van der Waals surface area contributed by atoms with Gasteiger partial charge in [-0.2, -0.15) is 18.3 Å². The number of carbonyl (C=O) groups is 1. The predicted molar refractivity (Wildman–Crippen MR) is 74.0 cm³/mol. The van der Waals surface area contributed by atoms with E-state index in [2.05, 4.69) is 15.4 Å². The van der Waals surface area contributed by atoms with Crippen LogP contribution in [0.3, 0.4) is 0 Å². The standard InChI is InChI=1S/C14H13F3N4O2/c15-14(16,17)9-3-4-11(21-8-18-7-19-21)10(6-9)20-13(22)12-2-1-5-23-12/h3-4,6-8,12H,1-2,5H2,(H,20,22). The molecule has 1 amide bonds. The number of hydrogen-bond donors (Lipinski definition) is 1. The van der Waals surface area contributed by atoms with E-state index in [9.17, 15) is 18.0 Å². The highest BCUT2D eigenvalue weighted by molar-refractivity contribution is 5.96. The van der Waals surface area contributed by atoms with Crippen molar-refractivity contribution in [1.82, 2.24) is 14.8 Å². The zero-order valence-corrected chi connectivity index (χ0v) is 11.9. The second kappa shape index (κ2) is 5.99. The largest absolute Gasteiger partial charge is 0.416 e. The Labute approximate surface area is 129 Å². The minimum Gasteiger partial charge on any atom is -0.368 e.